The van der Waals surface area contributed by atoms with Crippen molar-refractivity contribution in [3.63, 3.8) is 0 Å². The Kier molecular flexibility index (Phi) is 5.53. The average Bonchev–Trinajstić information content (AvgIpc) is 3.55. The number of hydrogen-bond donors (Lipinski definition) is 2. The zero-order valence-electron chi connectivity index (χ0n) is 17.0. The zero-order valence-corrected chi connectivity index (χ0v) is 17.0. The lowest BCUT2D eigenvalue weighted by Crippen LogP contribution is -2.32. The Morgan fingerprint density at radius 1 is 1.16 bits per heavy atom. The molecule has 10 heteroatoms. The normalized spacial score (nSPS) is 17.2. The number of nitrogens with one attached hydrogen (secondary N) is 2. The first-order valence-electron chi connectivity index (χ1n) is 10.5. The summed E-state index contributed by atoms with van der Waals surface area (Å²) in [6.45, 7) is 2.18. The molecule has 0 radical (unpaired) electrons. The van der Waals surface area contributed by atoms with Gasteiger partial charge in [0.05, 0.1) is 6.10 Å². The van der Waals surface area contributed by atoms with Crippen LogP contribution in [0.25, 0.3) is 5.65 Å². The number of aromatic nitrogens is 4. The van der Waals surface area contributed by atoms with Crippen LogP contribution >= 0.6 is 0 Å². The van der Waals surface area contributed by atoms with Gasteiger partial charge in [-0.15, -0.1) is 15.3 Å². The molecule has 3 aromatic rings. The third-order valence-corrected chi connectivity index (χ3v) is 5.36. The molecule has 1 amide bonds. The molecule has 0 unspecified atom stereocenters. The van der Waals surface area contributed by atoms with E-state index in [0.29, 0.717) is 43.2 Å². The van der Waals surface area contributed by atoms with E-state index in [-0.39, 0.29) is 18.8 Å². The van der Waals surface area contributed by atoms with Crippen molar-refractivity contribution in [3.05, 3.63) is 41.7 Å². The molecule has 2 aliphatic heterocycles. The molecule has 1 saturated heterocycles. The standard InChI is InChI=1S/C21H24N6O4/c28-21(23-12-15-2-1-9-29-15)8-7-20-25-24-19-6-5-18(26-27(19)20)22-11-14-3-4-16-17(10-14)31-13-30-16/h3-6,10,15H,1-2,7-9,11-13H2,(H,22,26)(H,23,28)/t15-/m1/s1. The summed E-state index contributed by atoms with van der Waals surface area (Å²) in [6, 6.07) is 9.54. The lowest BCUT2D eigenvalue weighted by Gasteiger charge is -2.10. The predicted octanol–water partition coefficient (Wildman–Crippen LogP) is 1.69. The summed E-state index contributed by atoms with van der Waals surface area (Å²) in [5.74, 6) is 2.83. The molecule has 2 N–H and O–H groups in total. The van der Waals surface area contributed by atoms with Crippen LogP contribution in [0.15, 0.2) is 30.3 Å². The number of nitrogens with zero attached hydrogens (tertiary/aromatic N) is 4. The molecule has 31 heavy (non-hydrogen) atoms. The van der Waals surface area contributed by atoms with Crippen molar-refractivity contribution in [2.45, 2.75) is 38.3 Å². The van der Waals surface area contributed by atoms with Gasteiger partial charge < -0.3 is 24.8 Å². The Labute approximate surface area is 178 Å². The van der Waals surface area contributed by atoms with Gasteiger partial charge in [0.2, 0.25) is 12.7 Å². The van der Waals surface area contributed by atoms with Crippen LogP contribution < -0.4 is 20.1 Å². The third-order valence-electron chi connectivity index (χ3n) is 5.36. The van der Waals surface area contributed by atoms with E-state index in [4.69, 9.17) is 14.2 Å². The fraction of sp³-hybridized carbons (Fsp3) is 0.429. The van der Waals surface area contributed by atoms with Crippen molar-refractivity contribution in [2.24, 2.45) is 0 Å². The van der Waals surface area contributed by atoms with E-state index in [0.717, 1.165) is 36.5 Å². The lowest BCUT2D eigenvalue weighted by atomic mass is 10.2. The first kappa shape index (κ1) is 19.6. The molecule has 4 heterocycles. The average molecular weight is 424 g/mol. The molecular weight excluding hydrogens is 400 g/mol. The Hall–Kier alpha value is -3.40. The van der Waals surface area contributed by atoms with Crippen LogP contribution in [-0.4, -0.2) is 51.8 Å². The van der Waals surface area contributed by atoms with Gasteiger partial charge in [0.1, 0.15) is 5.82 Å². The molecule has 162 valence electrons. The molecule has 2 aromatic heterocycles. The summed E-state index contributed by atoms with van der Waals surface area (Å²) in [5.41, 5.74) is 1.70. The molecule has 1 aromatic carbocycles. The van der Waals surface area contributed by atoms with Gasteiger partial charge in [0.25, 0.3) is 0 Å². The smallest absolute Gasteiger partial charge is 0.231 e. The summed E-state index contributed by atoms with van der Waals surface area (Å²) in [7, 11) is 0. The van der Waals surface area contributed by atoms with E-state index in [1.54, 1.807) is 4.52 Å². The fourth-order valence-corrected chi connectivity index (χ4v) is 3.67. The van der Waals surface area contributed by atoms with Crippen molar-refractivity contribution in [3.8, 4) is 11.5 Å². The molecule has 1 fully saturated rings. The van der Waals surface area contributed by atoms with E-state index < -0.39 is 0 Å². The van der Waals surface area contributed by atoms with E-state index >= 15 is 0 Å². The monoisotopic (exact) mass is 424 g/mol. The molecular formula is C21H24N6O4. The lowest BCUT2D eigenvalue weighted by molar-refractivity contribution is -0.121. The number of anilines is 1. The topological polar surface area (TPSA) is 112 Å². The van der Waals surface area contributed by atoms with Crippen LogP contribution in [0.3, 0.4) is 0 Å². The van der Waals surface area contributed by atoms with Gasteiger partial charge in [-0.2, -0.15) is 4.52 Å². The maximum Gasteiger partial charge on any atom is 0.231 e. The minimum absolute atomic E-state index is 0.0238. The summed E-state index contributed by atoms with van der Waals surface area (Å²) >= 11 is 0. The number of rotatable bonds is 8. The molecule has 2 aliphatic rings. The largest absolute Gasteiger partial charge is 0.454 e. The van der Waals surface area contributed by atoms with Crippen LogP contribution in [0.4, 0.5) is 5.82 Å². The number of fused-ring (bicyclic) bond motifs is 2. The SMILES string of the molecule is O=C(CCc1nnc2ccc(NCc3ccc4c(c3)OCO4)nn12)NC[C@H]1CCCO1. The van der Waals surface area contributed by atoms with Crippen LogP contribution in [0.5, 0.6) is 11.5 Å². The molecule has 0 saturated carbocycles. The summed E-state index contributed by atoms with van der Waals surface area (Å²) in [5, 5.41) is 19.1. The number of carbonyl (C=O) groups excluding carboxylic acids is 1. The number of benzene rings is 1. The number of aryl methyl sites for hydroxylation is 1. The third kappa shape index (κ3) is 4.53. The van der Waals surface area contributed by atoms with Crippen LogP contribution in [-0.2, 0) is 22.5 Å². The quantitative estimate of drug-likeness (QED) is 0.562. The molecule has 0 bridgehead atoms. The molecule has 0 spiro atoms. The van der Waals surface area contributed by atoms with E-state index in [1.165, 1.54) is 0 Å². The molecule has 1 atom stereocenters. The first-order valence-corrected chi connectivity index (χ1v) is 10.5. The number of amides is 1. The molecule has 0 aliphatic carbocycles. The number of carbonyl (C=O) groups is 1. The minimum Gasteiger partial charge on any atom is -0.454 e. The number of ether oxygens (including phenoxy) is 3. The van der Waals surface area contributed by atoms with Crippen LogP contribution in [0.2, 0.25) is 0 Å². The maximum atomic E-state index is 12.2. The van der Waals surface area contributed by atoms with E-state index in [9.17, 15) is 4.79 Å². The fourth-order valence-electron chi connectivity index (χ4n) is 3.67. The second kappa shape index (κ2) is 8.76. The van der Waals surface area contributed by atoms with Crippen LogP contribution in [0.1, 0.15) is 30.7 Å². The highest BCUT2D eigenvalue weighted by molar-refractivity contribution is 5.76. The van der Waals surface area contributed by atoms with Gasteiger partial charge >= 0.3 is 0 Å². The second-order valence-electron chi connectivity index (χ2n) is 7.59. The molecule has 5 rings (SSSR count). The predicted molar refractivity (Wildman–Crippen MR) is 111 cm³/mol. The maximum absolute atomic E-state index is 12.2. The van der Waals surface area contributed by atoms with E-state index in [1.807, 2.05) is 30.3 Å². The van der Waals surface area contributed by atoms with Crippen molar-refractivity contribution < 1.29 is 19.0 Å². The van der Waals surface area contributed by atoms with Gasteiger partial charge in [-0.05, 0) is 42.7 Å². The highest BCUT2D eigenvalue weighted by Crippen LogP contribution is 2.32. The van der Waals surface area contributed by atoms with Gasteiger partial charge in [-0.1, -0.05) is 6.07 Å². The Morgan fingerprint density at radius 3 is 3.00 bits per heavy atom. The zero-order chi connectivity index (χ0) is 21.0. The van der Waals surface area contributed by atoms with Gasteiger partial charge in [-0.25, -0.2) is 0 Å². The Bertz CT molecular complexity index is 1080. The van der Waals surface area contributed by atoms with Crippen molar-refractivity contribution in [1.82, 2.24) is 25.1 Å². The van der Waals surface area contributed by atoms with Crippen molar-refractivity contribution >= 4 is 17.4 Å². The summed E-state index contributed by atoms with van der Waals surface area (Å²) < 4.78 is 18.0. The van der Waals surface area contributed by atoms with Gasteiger partial charge in [0, 0.05) is 32.5 Å². The first-order chi connectivity index (χ1) is 15.2. The van der Waals surface area contributed by atoms with E-state index in [2.05, 4.69) is 25.9 Å². The van der Waals surface area contributed by atoms with Crippen molar-refractivity contribution in [2.75, 3.05) is 25.3 Å². The Balaban J connectivity index is 1.18. The van der Waals surface area contributed by atoms with Crippen molar-refractivity contribution in [1.29, 1.82) is 0 Å². The number of hydrogen-bond acceptors (Lipinski definition) is 8. The minimum atomic E-state index is -0.0238. The van der Waals surface area contributed by atoms with Crippen LogP contribution in [0, 0.1) is 0 Å². The van der Waals surface area contributed by atoms with Gasteiger partial charge in [0.15, 0.2) is 23.0 Å². The molecule has 10 nitrogen and oxygen atoms in total. The highest BCUT2D eigenvalue weighted by atomic mass is 16.7. The second-order valence-corrected chi connectivity index (χ2v) is 7.59. The van der Waals surface area contributed by atoms with Gasteiger partial charge in [-0.3, -0.25) is 4.79 Å². The Morgan fingerprint density at radius 2 is 2.10 bits per heavy atom. The summed E-state index contributed by atoms with van der Waals surface area (Å²) in [6.07, 6.45) is 2.98. The summed E-state index contributed by atoms with van der Waals surface area (Å²) in [4.78, 5) is 12.2. The highest BCUT2D eigenvalue weighted by Gasteiger charge is 2.17.